The van der Waals surface area contributed by atoms with E-state index in [0.29, 0.717) is 25.3 Å². The van der Waals surface area contributed by atoms with Crippen molar-refractivity contribution in [2.24, 2.45) is 11.3 Å². The molecule has 5 heteroatoms. The first-order chi connectivity index (χ1) is 7.46. The first kappa shape index (κ1) is 12.8. The maximum Gasteiger partial charge on any atom is 0.314 e. The molecular formula is C11H20N2O3. The quantitative estimate of drug-likeness (QED) is 0.639. The molecule has 0 radical (unpaired) electrons. The van der Waals surface area contributed by atoms with Gasteiger partial charge in [-0.3, -0.25) is 4.79 Å². The number of carbonyl (C=O) groups is 2. The van der Waals surface area contributed by atoms with E-state index in [-0.39, 0.29) is 12.6 Å². The van der Waals surface area contributed by atoms with E-state index in [0.717, 1.165) is 6.42 Å². The second kappa shape index (κ2) is 5.18. The predicted molar refractivity (Wildman–Crippen MR) is 60.2 cm³/mol. The van der Waals surface area contributed by atoms with Crippen molar-refractivity contribution in [1.82, 2.24) is 10.6 Å². The fourth-order valence-electron chi connectivity index (χ4n) is 1.40. The Morgan fingerprint density at radius 2 is 1.94 bits per heavy atom. The van der Waals surface area contributed by atoms with Crippen molar-refractivity contribution in [3.8, 4) is 0 Å². The molecule has 0 spiro atoms. The van der Waals surface area contributed by atoms with Crippen LogP contribution in [0, 0.1) is 11.3 Å². The highest BCUT2D eigenvalue weighted by atomic mass is 16.4. The third-order valence-electron chi connectivity index (χ3n) is 2.90. The molecule has 0 unspecified atom stereocenters. The molecule has 0 heterocycles. The number of rotatable bonds is 6. The fourth-order valence-corrected chi connectivity index (χ4v) is 1.40. The molecule has 3 N–H and O–H groups in total. The van der Waals surface area contributed by atoms with Gasteiger partial charge in [0.15, 0.2) is 0 Å². The summed E-state index contributed by atoms with van der Waals surface area (Å²) in [4.78, 5) is 22.1. The molecule has 0 aromatic heterocycles. The zero-order valence-electron chi connectivity index (χ0n) is 9.88. The van der Waals surface area contributed by atoms with E-state index in [2.05, 4.69) is 24.5 Å². The van der Waals surface area contributed by atoms with Crippen molar-refractivity contribution in [3.63, 3.8) is 0 Å². The zero-order valence-corrected chi connectivity index (χ0v) is 9.88. The molecule has 0 aromatic rings. The summed E-state index contributed by atoms with van der Waals surface area (Å²) >= 11 is 0. The Kier molecular flexibility index (Phi) is 4.15. The second-order valence-corrected chi connectivity index (χ2v) is 4.88. The molecule has 1 fully saturated rings. The SMILES string of the molecule is CC(C)CCNC(=O)NCC1(C(=O)O)CC1. The van der Waals surface area contributed by atoms with E-state index in [1.165, 1.54) is 0 Å². The van der Waals surface area contributed by atoms with Crippen LogP contribution in [0.5, 0.6) is 0 Å². The van der Waals surface area contributed by atoms with E-state index in [9.17, 15) is 9.59 Å². The smallest absolute Gasteiger partial charge is 0.314 e. The Morgan fingerprint density at radius 3 is 2.38 bits per heavy atom. The monoisotopic (exact) mass is 228 g/mol. The van der Waals surface area contributed by atoms with Gasteiger partial charge in [-0.1, -0.05) is 13.8 Å². The lowest BCUT2D eigenvalue weighted by atomic mass is 10.1. The number of carboxylic acid groups (broad SMARTS) is 1. The standard InChI is InChI=1S/C11H20N2O3/c1-8(2)3-6-12-10(16)13-7-11(4-5-11)9(14)15/h8H,3-7H2,1-2H3,(H,14,15)(H2,12,13,16). The van der Waals surface area contributed by atoms with Crippen LogP contribution in [0.1, 0.15) is 33.1 Å². The topological polar surface area (TPSA) is 78.4 Å². The summed E-state index contributed by atoms with van der Waals surface area (Å²) in [6, 6.07) is -0.270. The predicted octanol–water partition coefficient (Wildman–Crippen LogP) is 1.20. The lowest BCUT2D eigenvalue weighted by molar-refractivity contribution is -0.143. The molecule has 1 saturated carbocycles. The van der Waals surface area contributed by atoms with Gasteiger partial charge in [0, 0.05) is 13.1 Å². The minimum Gasteiger partial charge on any atom is -0.481 e. The molecule has 0 bridgehead atoms. The van der Waals surface area contributed by atoms with Crippen LogP contribution in [-0.2, 0) is 4.79 Å². The summed E-state index contributed by atoms with van der Waals surface area (Å²) in [6.07, 6.45) is 2.25. The van der Waals surface area contributed by atoms with Crippen LogP contribution in [-0.4, -0.2) is 30.2 Å². The third-order valence-corrected chi connectivity index (χ3v) is 2.90. The van der Waals surface area contributed by atoms with Crippen LogP contribution in [0.15, 0.2) is 0 Å². The Labute approximate surface area is 95.6 Å². The van der Waals surface area contributed by atoms with Gasteiger partial charge in [0.1, 0.15) is 0 Å². The normalized spacial score (nSPS) is 16.9. The van der Waals surface area contributed by atoms with Crippen molar-refractivity contribution in [3.05, 3.63) is 0 Å². The average Bonchev–Trinajstić information content (AvgIpc) is 2.95. The van der Waals surface area contributed by atoms with Gasteiger partial charge in [-0.15, -0.1) is 0 Å². The highest BCUT2D eigenvalue weighted by molar-refractivity contribution is 5.80. The number of nitrogens with one attached hydrogen (secondary N) is 2. The highest BCUT2D eigenvalue weighted by Gasteiger charge is 2.50. The first-order valence-electron chi connectivity index (χ1n) is 5.71. The van der Waals surface area contributed by atoms with Gasteiger partial charge in [0.25, 0.3) is 0 Å². The molecule has 16 heavy (non-hydrogen) atoms. The van der Waals surface area contributed by atoms with Crippen molar-refractivity contribution in [2.45, 2.75) is 33.1 Å². The molecule has 0 atom stereocenters. The number of carboxylic acids is 1. The van der Waals surface area contributed by atoms with Crippen LogP contribution in [0.2, 0.25) is 0 Å². The Bertz CT molecular complexity index is 272. The third kappa shape index (κ3) is 3.72. The number of hydrogen-bond donors (Lipinski definition) is 3. The molecule has 0 saturated heterocycles. The summed E-state index contributed by atoms with van der Waals surface area (Å²) in [5, 5.41) is 14.2. The maximum atomic E-state index is 11.3. The lowest BCUT2D eigenvalue weighted by Crippen LogP contribution is -2.41. The fraction of sp³-hybridized carbons (Fsp3) is 0.818. The largest absolute Gasteiger partial charge is 0.481 e. The van der Waals surface area contributed by atoms with Crippen LogP contribution in [0.3, 0.4) is 0 Å². The molecular weight excluding hydrogens is 208 g/mol. The molecule has 0 aromatic carbocycles. The van der Waals surface area contributed by atoms with E-state index < -0.39 is 11.4 Å². The Morgan fingerprint density at radius 1 is 1.31 bits per heavy atom. The number of hydrogen-bond acceptors (Lipinski definition) is 2. The Balaban J connectivity index is 2.13. The molecule has 1 rings (SSSR count). The first-order valence-corrected chi connectivity index (χ1v) is 5.71. The maximum absolute atomic E-state index is 11.3. The second-order valence-electron chi connectivity index (χ2n) is 4.88. The number of amides is 2. The van der Waals surface area contributed by atoms with Gasteiger partial charge in [-0.2, -0.15) is 0 Å². The molecule has 1 aliphatic carbocycles. The van der Waals surface area contributed by atoms with Gasteiger partial charge in [-0.05, 0) is 25.2 Å². The average molecular weight is 228 g/mol. The molecule has 5 nitrogen and oxygen atoms in total. The van der Waals surface area contributed by atoms with Gasteiger partial charge in [0.05, 0.1) is 5.41 Å². The molecule has 1 aliphatic rings. The number of carbonyl (C=O) groups excluding carboxylic acids is 1. The van der Waals surface area contributed by atoms with Gasteiger partial charge < -0.3 is 15.7 Å². The minimum absolute atomic E-state index is 0.232. The minimum atomic E-state index is -0.810. The van der Waals surface area contributed by atoms with Crippen molar-refractivity contribution >= 4 is 12.0 Å². The summed E-state index contributed by atoms with van der Waals surface area (Å²) in [7, 11) is 0. The number of aliphatic carboxylic acids is 1. The van der Waals surface area contributed by atoms with Crippen molar-refractivity contribution in [2.75, 3.05) is 13.1 Å². The van der Waals surface area contributed by atoms with Crippen LogP contribution >= 0.6 is 0 Å². The Hall–Kier alpha value is -1.26. The molecule has 0 aliphatic heterocycles. The highest BCUT2D eigenvalue weighted by Crippen LogP contribution is 2.45. The summed E-state index contributed by atoms with van der Waals surface area (Å²) in [5.74, 6) is -0.260. The van der Waals surface area contributed by atoms with Crippen molar-refractivity contribution in [1.29, 1.82) is 0 Å². The van der Waals surface area contributed by atoms with Gasteiger partial charge in [0.2, 0.25) is 0 Å². The number of urea groups is 1. The summed E-state index contributed by atoms with van der Waals surface area (Å²) < 4.78 is 0. The van der Waals surface area contributed by atoms with E-state index in [1.807, 2.05) is 0 Å². The van der Waals surface area contributed by atoms with Gasteiger partial charge in [-0.25, -0.2) is 4.79 Å². The van der Waals surface area contributed by atoms with Crippen molar-refractivity contribution < 1.29 is 14.7 Å². The molecule has 92 valence electrons. The van der Waals surface area contributed by atoms with E-state index in [1.54, 1.807) is 0 Å². The van der Waals surface area contributed by atoms with E-state index in [4.69, 9.17) is 5.11 Å². The molecule has 2 amide bonds. The van der Waals surface area contributed by atoms with Crippen LogP contribution < -0.4 is 10.6 Å². The van der Waals surface area contributed by atoms with E-state index >= 15 is 0 Å². The lowest BCUT2D eigenvalue weighted by Gasteiger charge is -2.12. The summed E-state index contributed by atoms with van der Waals surface area (Å²) in [5.41, 5.74) is -0.685. The summed E-state index contributed by atoms with van der Waals surface area (Å²) in [6.45, 7) is 5.03. The van der Waals surface area contributed by atoms with Crippen LogP contribution in [0.4, 0.5) is 4.79 Å². The zero-order chi connectivity index (χ0) is 12.2. The van der Waals surface area contributed by atoms with Crippen LogP contribution in [0.25, 0.3) is 0 Å². The van der Waals surface area contributed by atoms with Gasteiger partial charge >= 0.3 is 12.0 Å².